The first kappa shape index (κ1) is 11.9. The number of benzene rings is 2. The maximum absolute atomic E-state index is 10.7. The summed E-state index contributed by atoms with van der Waals surface area (Å²) in [5, 5.41) is 8.75. The summed E-state index contributed by atoms with van der Waals surface area (Å²) in [6.45, 7) is 0. The third kappa shape index (κ3) is 2.23. The summed E-state index contributed by atoms with van der Waals surface area (Å²) >= 11 is 0. The van der Waals surface area contributed by atoms with E-state index in [9.17, 15) is 4.79 Å². The van der Waals surface area contributed by atoms with Gasteiger partial charge >= 0.3 is 0 Å². The lowest BCUT2D eigenvalue weighted by molar-refractivity contribution is 0.112. The van der Waals surface area contributed by atoms with E-state index in [0.717, 1.165) is 17.4 Å². The molecule has 0 aliphatic carbocycles. The number of ether oxygens (including phenoxy) is 1. The quantitative estimate of drug-likeness (QED) is 0.771. The molecule has 0 amide bonds. The Morgan fingerprint density at radius 1 is 1.17 bits per heavy atom. The lowest BCUT2D eigenvalue weighted by Crippen LogP contribution is -1.90. The Labute approximate surface area is 105 Å². The van der Waals surface area contributed by atoms with Gasteiger partial charge in [-0.1, -0.05) is 18.2 Å². The minimum atomic E-state index is 0.573. The van der Waals surface area contributed by atoms with Gasteiger partial charge in [0.1, 0.15) is 12.0 Å². The molecule has 0 spiro atoms. The number of nitrogens with zero attached hydrogens (tertiary/aromatic N) is 1. The zero-order valence-electron chi connectivity index (χ0n) is 9.88. The standard InChI is InChI=1S/C15H11NO2/c1-18-15-8-12(10-17)4-7-14(15)13-5-2-11(9-16)3-6-13/h2-8,10H,1H3. The first-order chi connectivity index (χ1) is 8.78. The molecule has 0 saturated heterocycles. The van der Waals surface area contributed by atoms with Crippen molar-refractivity contribution in [2.75, 3.05) is 7.11 Å². The molecule has 0 atom stereocenters. The van der Waals surface area contributed by atoms with Gasteiger partial charge in [0.2, 0.25) is 0 Å². The van der Waals surface area contributed by atoms with E-state index in [2.05, 4.69) is 6.07 Å². The van der Waals surface area contributed by atoms with E-state index in [0.29, 0.717) is 16.9 Å². The average molecular weight is 237 g/mol. The van der Waals surface area contributed by atoms with Crippen LogP contribution in [0.1, 0.15) is 15.9 Å². The Balaban J connectivity index is 2.49. The smallest absolute Gasteiger partial charge is 0.150 e. The Kier molecular flexibility index (Phi) is 3.40. The SMILES string of the molecule is COc1cc(C=O)ccc1-c1ccc(C#N)cc1. The molecule has 88 valence electrons. The summed E-state index contributed by atoms with van der Waals surface area (Å²) < 4.78 is 5.27. The van der Waals surface area contributed by atoms with Gasteiger partial charge in [0, 0.05) is 11.1 Å². The van der Waals surface area contributed by atoms with Gasteiger partial charge in [-0.25, -0.2) is 0 Å². The number of hydrogen-bond acceptors (Lipinski definition) is 3. The minimum Gasteiger partial charge on any atom is -0.496 e. The van der Waals surface area contributed by atoms with Crippen molar-refractivity contribution in [3.05, 3.63) is 53.6 Å². The maximum atomic E-state index is 10.7. The fourth-order valence-electron chi connectivity index (χ4n) is 1.74. The van der Waals surface area contributed by atoms with Crippen molar-refractivity contribution >= 4 is 6.29 Å². The lowest BCUT2D eigenvalue weighted by Gasteiger charge is -2.09. The van der Waals surface area contributed by atoms with Crippen LogP contribution in [0.15, 0.2) is 42.5 Å². The van der Waals surface area contributed by atoms with Crippen molar-refractivity contribution in [3.8, 4) is 22.9 Å². The van der Waals surface area contributed by atoms with E-state index in [4.69, 9.17) is 10.00 Å². The van der Waals surface area contributed by atoms with E-state index >= 15 is 0 Å². The summed E-state index contributed by atoms with van der Waals surface area (Å²) in [5.41, 5.74) is 3.03. The molecule has 3 nitrogen and oxygen atoms in total. The van der Waals surface area contributed by atoms with Crippen LogP contribution < -0.4 is 4.74 Å². The van der Waals surface area contributed by atoms with E-state index in [1.807, 2.05) is 18.2 Å². The number of rotatable bonds is 3. The summed E-state index contributed by atoms with van der Waals surface area (Å²) in [5.74, 6) is 0.643. The molecule has 0 saturated carbocycles. The maximum Gasteiger partial charge on any atom is 0.150 e. The van der Waals surface area contributed by atoms with Crippen molar-refractivity contribution in [3.63, 3.8) is 0 Å². The summed E-state index contributed by atoms with van der Waals surface area (Å²) in [6, 6.07) is 14.6. The molecule has 0 radical (unpaired) electrons. The average Bonchev–Trinajstić information content (AvgIpc) is 2.46. The molecule has 2 aromatic rings. The third-order valence-corrected chi connectivity index (χ3v) is 2.69. The van der Waals surface area contributed by atoms with Crippen molar-refractivity contribution in [2.24, 2.45) is 0 Å². The number of carbonyl (C=O) groups excluding carboxylic acids is 1. The minimum absolute atomic E-state index is 0.573. The first-order valence-electron chi connectivity index (χ1n) is 5.42. The second-order valence-electron chi connectivity index (χ2n) is 3.77. The third-order valence-electron chi connectivity index (χ3n) is 2.69. The van der Waals surface area contributed by atoms with E-state index < -0.39 is 0 Å². The highest BCUT2D eigenvalue weighted by molar-refractivity contribution is 5.80. The van der Waals surface area contributed by atoms with Crippen molar-refractivity contribution in [1.29, 1.82) is 5.26 Å². The molecule has 0 fully saturated rings. The van der Waals surface area contributed by atoms with Crippen molar-refractivity contribution in [1.82, 2.24) is 0 Å². The van der Waals surface area contributed by atoms with Crippen LogP contribution in [0.5, 0.6) is 5.75 Å². The van der Waals surface area contributed by atoms with Crippen LogP contribution in [0.4, 0.5) is 0 Å². The second-order valence-corrected chi connectivity index (χ2v) is 3.77. The molecule has 0 heterocycles. The predicted octanol–water partition coefficient (Wildman–Crippen LogP) is 3.05. The molecular weight excluding hydrogens is 226 g/mol. The molecule has 0 aliphatic rings. The van der Waals surface area contributed by atoms with Gasteiger partial charge in [0.05, 0.1) is 18.7 Å². The van der Waals surface area contributed by atoms with Crippen molar-refractivity contribution in [2.45, 2.75) is 0 Å². The molecule has 18 heavy (non-hydrogen) atoms. The molecule has 2 rings (SSSR count). The van der Waals surface area contributed by atoms with Gasteiger partial charge in [0.25, 0.3) is 0 Å². The number of aldehydes is 1. The van der Waals surface area contributed by atoms with Crippen LogP contribution in [0.3, 0.4) is 0 Å². The normalized spacial score (nSPS) is 9.56. The Morgan fingerprint density at radius 3 is 2.44 bits per heavy atom. The van der Waals surface area contributed by atoms with Gasteiger partial charge in [-0.3, -0.25) is 4.79 Å². The van der Waals surface area contributed by atoms with Crippen LogP contribution in [0, 0.1) is 11.3 Å². The number of hydrogen-bond donors (Lipinski definition) is 0. The summed E-state index contributed by atoms with van der Waals surface area (Å²) in [4.78, 5) is 10.7. The molecule has 2 aromatic carbocycles. The van der Waals surface area contributed by atoms with Gasteiger partial charge in [0.15, 0.2) is 0 Å². The fraction of sp³-hybridized carbons (Fsp3) is 0.0667. The first-order valence-corrected chi connectivity index (χ1v) is 5.42. The Morgan fingerprint density at radius 2 is 1.89 bits per heavy atom. The summed E-state index contributed by atoms with van der Waals surface area (Å²) in [6.07, 6.45) is 0.783. The monoisotopic (exact) mass is 237 g/mol. The highest BCUT2D eigenvalue weighted by Crippen LogP contribution is 2.30. The van der Waals surface area contributed by atoms with Gasteiger partial charge in [-0.2, -0.15) is 5.26 Å². The topological polar surface area (TPSA) is 50.1 Å². The lowest BCUT2D eigenvalue weighted by atomic mass is 10.0. The Hall–Kier alpha value is -2.60. The molecular formula is C15H11NO2. The number of methoxy groups -OCH3 is 1. The van der Waals surface area contributed by atoms with E-state index in [-0.39, 0.29) is 0 Å². The van der Waals surface area contributed by atoms with Gasteiger partial charge < -0.3 is 4.74 Å². The summed E-state index contributed by atoms with van der Waals surface area (Å²) in [7, 11) is 1.57. The van der Waals surface area contributed by atoms with Crippen LogP contribution in [-0.4, -0.2) is 13.4 Å². The van der Waals surface area contributed by atoms with Crippen LogP contribution in [0.2, 0.25) is 0 Å². The molecule has 0 unspecified atom stereocenters. The Bertz CT molecular complexity index is 609. The zero-order valence-corrected chi connectivity index (χ0v) is 9.88. The van der Waals surface area contributed by atoms with Crippen LogP contribution in [0.25, 0.3) is 11.1 Å². The van der Waals surface area contributed by atoms with E-state index in [1.165, 1.54) is 0 Å². The number of carbonyl (C=O) groups is 1. The molecule has 0 N–H and O–H groups in total. The molecule has 0 aliphatic heterocycles. The largest absolute Gasteiger partial charge is 0.496 e. The molecule has 0 bridgehead atoms. The molecule has 3 heteroatoms. The fourth-order valence-corrected chi connectivity index (χ4v) is 1.74. The number of nitriles is 1. The van der Waals surface area contributed by atoms with E-state index in [1.54, 1.807) is 31.4 Å². The highest BCUT2D eigenvalue weighted by Gasteiger charge is 2.06. The van der Waals surface area contributed by atoms with Gasteiger partial charge in [-0.05, 0) is 29.8 Å². The second kappa shape index (κ2) is 5.15. The van der Waals surface area contributed by atoms with Crippen LogP contribution >= 0.6 is 0 Å². The van der Waals surface area contributed by atoms with Gasteiger partial charge in [-0.15, -0.1) is 0 Å². The highest BCUT2D eigenvalue weighted by atomic mass is 16.5. The van der Waals surface area contributed by atoms with Crippen molar-refractivity contribution < 1.29 is 9.53 Å². The zero-order chi connectivity index (χ0) is 13.0. The molecule has 0 aromatic heterocycles. The van der Waals surface area contributed by atoms with Crippen LogP contribution in [-0.2, 0) is 0 Å². The predicted molar refractivity (Wildman–Crippen MR) is 68.5 cm³/mol.